The lowest BCUT2D eigenvalue weighted by atomic mass is 9.91. The molecule has 1 N–H and O–H groups in total. The maximum Gasteiger partial charge on any atom is 0.323 e. The number of benzene rings is 2. The fourth-order valence-corrected chi connectivity index (χ4v) is 3.22. The second-order valence-electron chi connectivity index (χ2n) is 5.83. The van der Waals surface area contributed by atoms with Crippen LogP contribution < -0.4 is 0 Å². The summed E-state index contributed by atoms with van der Waals surface area (Å²) in [5.41, 5.74) is 4.60. The summed E-state index contributed by atoms with van der Waals surface area (Å²) in [5.74, 6) is -0.773. The van der Waals surface area contributed by atoms with Crippen molar-refractivity contribution in [2.24, 2.45) is 0 Å². The van der Waals surface area contributed by atoms with Crippen LogP contribution in [0.5, 0.6) is 0 Å². The van der Waals surface area contributed by atoms with Crippen LogP contribution in [-0.2, 0) is 4.79 Å². The zero-order valence-corrected chi connectivity index (χ0v) is 13.1. The van der Waals surface area contributed by atoms with Crippen molar-refractivity contribution >= 4 is 11.5 Å². The van der Waals surface area contributed by atoms with Crippen LogP contribution in [0.15, 0.2) is 66.4 Å². The second-order valence-corrected chi connectivity index (χ2v) is 5.83. The van der Waals surface area contributed by atoms with E-state index in [9.17, 15) is 9.90 Å². The first-order chi connectivity index (χ1) is 11.3. The van der Waals surface area contributed by atoms with Crippen LogP contribution in [0.25, 0.3) is 5.57 Å². The molecule has 1 saturated heterocycles. The van der Waals surface area contributed by atoms with Crippen molar-refractivity contribution in [2.75, 3.05) is 13.1 Å². The van der Waals surface area contributed by atoms with Crippen LogP contribution in [0.4, 0.5) is 0 Å². The Balaban J connectivity index is 2.14. The minimum absolute atomic E-state index is 0.0680. The van der Waals surface area contributed by atoms with Gasteiger partial charge in [-0.2, -0.15) is 0 Å². The highest BCUT2D eigenvalue weighted by molar-refractivity contribution is 5.82. The van der Waals surface area contributed by atoms with E-state index < -0.39 is 5.97 Å². The fraction of sp³-hybridized carbons (Fsp3) is 0.250. The topological polar surface area (TPSA) is 40.5 Å². The number of hydrogen-bond donors (Lipinski definition) is 1. The van der Waals surface area contributed by atoms with E-state index in [2.05, 4.69) is 24.3 Å². The van der Waals surface area contributed by atoms with Crippen molar-refractivity contribution in [1.29, 1.82) is 0 Å². The predicted octanol–water partition coefficient (Wildman–Crippen LogP) is 4.02. The van der Waals surface area contributed by atoms with Crippen LogP contribution >= 0.6 is 0 Å². The van der Waals surface area contributed by atoms with Gasteiger partial charge in [0.2, 0.25) is 0 Å². The van der Waals surface area contributed by atoms with Crippen molar-refractivity contribution in [2.45, 2.75) is 19.3 Å². The van der Waals surface area contributed by atoms with E-state index in [1.165, 1.54) is 0 Å². The lowest BCUT2D eigenvalue weighted by Gasteiger charge is -2.33. The number of nitrogens with zero attached hydrogens (tertiary/aromatic N) is 1. The lowest BCUT2D eigenvalue weighted by Crippen LogP contribution is -2.33. The molecule has 2 aromatic rings. The smallest absolute Gasteiger partial charge is 0.323 e. The Morgan fingerprint density at radius 2 is 1.48 bits per heavy atom. The Bertz CT molecular complexity index is 651. The summed E-state index contributed by atoms with van der Waals surface area (Å²) < 4.78 is 0. The molecule has 0 aliphatic carbocycles. The molecule has 3 heteroatoms. The van der Waals surface area contributed by atoms with E-state index in [4.69, 9.17) is 0 Å². The first-order valence-electron chi connectivity index (χ1n) is 8.06. The molecule has 0 spiro atoms. The van der Waals surface area contributed by atoms with Gasteiger partial charge in [-0.25, -0.2) is 0 Å². The van der Waals surface area contributed by atoms with Gasteiger partial charge in [-0.15, -0.1) is 0 Å². The summed E-state index contributed by atoms with van der Waals surface area (Å²) in [6.07, 6.45) is 3.08. The molecule has 3 nitrogen and oxygen atoms in total. The fourth-order valence-electron chi connectivity index (χ4n) is 3.22. The zero-order valence-electron chi connectivity index (χ0n) is 13.1. The molecule has 1 aliphatic rings. The van der Waals surface area contributed by atoms with Gasteiger partial charge < -0.3 is 10.0 Å². The molecule has 1 heterocycles. The molecule has 0 amide bonds. The van der Waals surface area contributed by atoms with Gasteiger partial charge in [0.15, 0.2) is 0 Å². The summed E-state index contributed by atoms with van der Waals surface area (Å²) in [6, 6.07) is 20.5. The molecule has 0 bridgehead atoms. The van der Waals surface area contributed by atoms with Gasteiger partial charge in [-0.3, -0.25) is 4.79 Å². The van der Waals surface area contributed by atoms with Crippen molar-refractivity contribution in [3.8, 4) is 0 Å². The normalized spacial score (nSPS) is 14.6. The van der Waals surface area contributed by atoms with E-state index in [-0.39, 0.29) is 6.54 Å². The maximum atomic E-state index is 11.2. The third-order valence-electron chi connectivity index (χ3n) is 4.21. The van der Waals surface area contributed by atoms with E-state index in [1.807, 2.05) is 41.3 Å². The highest BCUT2D eigenvalue weighted by atomic mass is 16.4. The van der Waals surface area contributed by atoms with Gasteiger partial charge in [-0.1, -0.05) is 60.7 Å². The first-order valence-corrected chi connectivity index (χ1v) is 8.06. The Kier molecular flexibility index (Phi) is 4.77. The molecule has 23 heavy (non-hydrogen) atoms. The maximum absolute atomic E-state index is 11.2. The highest BCUT2D eigenvalue weighted by Crippen LogP contribution is 2.33. The predicted molar refractivity (Wildman–Crippen MR) is 92.0 cm³/mol. The lowest BCUT2D eigenvalue weighted by molar-refractivity contribution is -0.138. The Labute approximate surface area is 136 Å². The highest BCUT2D eigenvalue weighted by Gasteiger charge is 2.22. The Hall–Kier alpha value is -2.55. The summed E-state index contributed by atoms with van der Waals surface area (Å²) in [7, 11) is 0. The molecule has 3 rings (SSSR count). The van der Waals surface area contributed by atoms with Crippen LogP contribution in [0.3, 0.4) is 0 Å². The first kappa shape index (κ1) is 15.3. The number of piperidine rings is 1. The average Bonchev–Trinajstić information content (AvgIpc) is 2.58. The minimum Gasteiger partial charge on any atom is -0.480 e. The number of hydrogen-bond acceptors (Lipinski definition) is 2. The van der Waals surface area contributed by atoms with Gasteiger partial charge in [0.25, 0.3) is 0 Å². The third-order valence-corrected chi connectivity index (χ3v) is 4.21. The van der Waals surface area contributed by atoms with Crippen molar-refractivity contribution < 1.29 is 9.90 Å². The molecular formula is C20H21NO2. The van der Waals surface area contributed by atoms with Crippen molar-refractivity contribution in [3.05, 3.63) is 77.5 Å². The molecule has 0 atom stereocenters. The number of carbonyl (C=O) groups is 1. The average molecular weight is 307 g/mol. The molecule has 2 aromatic carbocycles. The van der Waals surface area contributed by atoms with Gasteiger partial charge in [0.1, 0.15) is 6.54 Å². The number of allylic oxidation sites excluding steroid dienone is 1. The van der Waals surface area contributed by atoms with Crippen molar-refractivity contribution in [3.63, 3.8) is 0 Å². The molecule has 0 aromatic heterocycles. The third kappa shape index (κ3) is 3.62. The molecule has 1 fully saturated rings. The van der Waals surface area contributed by atoms with Crippen LogP contribution in [0, 0.1) is 0 Å². The van der Waals surface area contributed by atoms with E-state index in [0.717, 1.165) is 48.2 Å². The molecule has 118 valence electrons. The number of aliphatic carboxylic acids is 1. The summed E-state index contributed by atoms with van der Waals surface area (Å²) in [4.78, 5) is 13.3. The number of likely N-dealkylation sites (tertiary alicyclic amines) is 1. The minimum atomic E-state index is -0.773. The SMILES string of the molecule is O=C(O)CN1CCCCC1=C(c1ccccc1)c1ccccc1. The molecule has 0 saturated carbocycles. The van der Waals surface area contributed by atoms with Crippen LogP contribution in [0.1, 0.15) is 30.4 Å². The summed E-state index contributed by atoms with van der Waals surface area (Å²) >= 11 is 0. The van der Waals surface area contributed by atoms with Gasteiger partial charge in [0, 0.05) is 17.8 Å². The van der Waals surface area contributed by atoms with E-state index >= 15 is 0 Å². The molecular weight excluding hydrogens is 286 g/mol. The largest absolute Gasteiger partial charge is 0.480 e. The Morgan fingerprint density at radius 1 is 0.913 bits per heavy atom. The van der Waals surface area contributed by atoms with Crippen molar-refractivity contribution in [1.82, 2.24) is 4.90 Å². The summed E-state index contributed by atoms with van der Waals surface area (Å²) in [6.45, 7) is 0.878. The second kappa shape index (κ2) is 7.14. The Morgan fingerprint density at radius 3 is 2.00 bits per heavy atom. The van der Waals surface area contributed by atoms with Gasteiger partial charge in [0.05, 0.1) is 0 Å². The number of carboxylic acids is 1. The van der Waals surface area contributed by atoms with Gasteiger partial charge in [-0.05, 0) is 30.4 Å². The zero-order chi connectivity index (χ0) is 16.1. The molecule has 0 radical (unpaired) electrons. The summed E-state index contributed by atoms with van der Waals surface area (Å²) in [5, 5.41) is 9.24. The monoisotopic (exact) mass is 307 g/mol. The van der Waals surface area contributed by atoms with Crippen LogP contribution in [-0.4, -0.2) is 29.1 Å². The number of carboxylic acid groups (broad SMARTS) is 1. The van der Waals surface area contributed by atoms with E-state index in [1.54, 1.807) is 0 Å². The van der Waals surface area contributed by atoms with Gasteiger partial charge >= 0.3 is 5.97 Å². The number of rotatable bonds is 4. The molecule has 0 unspecified atom stereocenters. The standard InChI is InChI=1S/C20H21NO2/c22-19(23)15-21-14-8-7-13-18(21)20(16-9-3-1-4-10-16)17-11-5-2-6-12-17/h1-6,9-12H,7-8,13-15H2,(H,22,23). The van der Waals surface area contributed by atoms with Crippen LogP contribution in [0.2, 0.25) is 0 Å². The quantitative estimate of drug-likeness (QED) is 0.927. The van der Waals surface area contributed by atoms with E-state index in [0.29, 0.717) is 0 Å². The molecule has 1 aliphatic heterocycles.